The molecule has 0 aliphatic carbocycles. The van der Waals surface area contributed by atoms with Crippen molar-refractivity contribution < 1.29 is 4.74 Å². The van der Waals surface area contributed by atoms with Crippen LogP contribution in [0.2, 0.25) is 0 Å². The number of methoxy groups -OCH3 is 1. The Kier molecular flexibility index (Phi) is 4.51. The Morgan fingerprint density at radius 3 is 2.73 bits per heavy atom. The predicted molar refractivity (Wildman–Crippen MR) is 91.2 cm³/mol. The molecule has 3 rings (SSSR count). The third-order valence-electron chi connectivity index (χ3n) is 3.54. The smallest absolute Gasteiger partial charge is 0.119 e. The molecular formula is C18H18N2OS. The summed E-state index contributed by atoms with van der Waals surface area (Å²) in [4.78, 5) is 4.70. The fourth-order valence-electron chi connectivity index (χ4n) is 2.32. The van der Waals surface area contributed by atoms with Crippen LogP contribution in [0.5, 0.6) is 5.75 Å². The van der Waals surface area contributed by atoms with Crippen LogP contribution >= 0.6 is 11.3 Å². The molecule has 0 spiro atoms. The van der Waals surface area contributed by atoms with Crippen molar-refractivity contribution in [3.8, 4) is 17.0 Å². The SMILES string of the molecule is COc1cccc(C(N)Cc2nc(-c3ccccc3)cs2)c1. The molecule has 1 atom stereocenters. The quantitative estimate of drug-likeness (QED) is 0.773. The van der Waals surface area contributed by atoms with Gasteiger partial charge in [-0.15, -0.1) is 11.3 Å². The molecule has 112 valence electrons. The van der Waals surface area contributed by atoms with Crippen molar-refractivity contribution in [3.63, 3.8) is 0 Å². The average molecular weight is 310 g/mol. The van der Waals surface area contributed by atoms with Crippen molar-refractivity contribution in [1.82, 2.24) is 4.98 Å². The Hall–Kier alpha value is -2.17. The minimum atomic E-state index is -0.0788. The fourth-order valence-corrected chi connectivity index (χ4v) is 3.19. The Balaban J connectivity index is 1.74. The number of nitrogens with zero attached hydrogens (tertiary/aromatic N) is 1. The van der Waals surface area contributed by atoms with Crippen LogP contribution < -0.4 is 10.5 Å². The Bertz CT molecular complexity index is 740. The molecule has 1 heterocycles. The van der Waals surface area contributed by atoms with E-state index in [4.69, 9.17) is 15.5 Å². The third-order valence-corrected chi connectivity index (χ3v) is 4.41. The topological polar surface area (TPSA) is 48.1 Å². The Morgan fingerprint density at radius 2 is 1.95 bits per heavy atom. The van der Waals surface area contributed by atoms with Crippen LogP contribution in [-0.2, 0) is 6.42 Å². The Labute approximate surface area is 134 Å². The number of thiazole rings is 1. The molecule has 22 heavy (non-hydrogen) atoms. The molecule has 0 aliphatic rings. The van der Waals surface area contributed by atoms with Gasteiger partial charge in [0.1, 0.15) is 5.75 Å². The number of rotatable bonds is 5. The van der Waals surface area contributed by atoms with E-state index in [0.717, 1.165) is 34.0 Å². The van der Waals surface area contributed by atoms with Gasteiger partial charge in [-0.25, -0.2) is 4.98 Å². The molecule has 0 aliphatic heterocycles. The first kappa shape index (κ1) is 14.8. The number of benzene rings is 2. The van der Waals surface area contributed by atoms with Crippen LogP contribution in [0.25, 0.3) is 11.3 Å². The maximum atomic E-state index is 6.31. The standard InChI is InChI=1S/C18H18N2OS/c1-21-15-9-5-8-14(10-15)16(19)11-18-20-17(12-22-18)13-6-3-2-4-7-13/h2-10,12,16H,11,19H2,1H3. The second-order valence-electron chi connectivity index (χ2n) is 5.08. The van der Waals surface area contributed by atoms with E-state index in [1.807, 2.05) is 42.5 Å². The number of hydrogen-bond donors (Lipinski definition) is 1. The Morgan fingerprint density at radius 1 is 1.14 bits per heavy atom. The van der Waals surface area contributed by atoms with Gasteiger partial charge in [-0.05, 0) is 17.7 Å². The zero-order valence-corrected chi connectivity index (χ0v) is 13.2. The summed E-state index contributed by atoms with van der Waals surface area (Å²) in [6, 6.07) is 18.0. The van der Waals surface area contributed by atoms with E-state index in [0.29, 0.717) is 0 Å². The molecule has 2 N–H and O–H groups in total. The van der Waals surface area contributed by atoms with Gasteiger partial charge in [-0.3, -0.25) is 0 Å². The fraction of sp³-hybridized carbons (Fsp3) is 0.167. The lowest BCUT2D eigenvalue weighted by molar-refractivity contribution is 0.414. The summed E-state index contributed by atoms with van der Waals surface area (Å²) in [5, 5.41) is 3.14. The molecule has 0 radical (unpaired) electrons. The largest absolute Gasteiger partial charge is 0.497 e. The van der Waals surface area contributed by atoms with Gasteiger partial charge in [0.2, 0.25) is 0 Å². The maximum absolute atomic E-state index is 6.31. The molecule has 2 aromatic carbocycles. The number of aromatic nitrogens is 1. The van der Waals surface area contributed by atoms with Crippen molar-refractivity contribution in [3.05, 3.63) is 70.5 Å². The van der Waals surface area contributed by atoms with E-state index in [1.54, 1.807) is 18.4 Å². The van der Waals surface area contributed by atoms with Gasteiger partial charge < -0.3 is 10.5 Å². The maximum Gasteiger partial charge on any atom is 0.119 e. The van der Waals surface area contributed by atoms with E-state index in [2.05, 4.69) is 17.5 Å². The summed E-state index contributed by atoms with van der Waals surface area (Å²) in [5.41, 5.74) is 9.53. The van der Waals surface area contributed by atoms with Crippen LogP contribution in [0.15, 0.2) is 60.0 Å². The van der Waals surface area contributed by atoms with Crippen LogP contribution in [0, 0.1) is 0 Å². The van der Waals surface area contributed by atoms with Crippen molar-refractivity contribution >= 4 is 11.3 Å². The lowest BCUT2D eigenvalue weighted by atomic mass is 10.0. The highest BCUT2D eigenvalue weighted by Crippen LogP contribution is 2.25. The first-order chi connectivity index (χ1) is 10.8. The highest BCUT2D eigenvalue weighted by Gasteiger charge is 2.11. The molecule has 1 unspecified atom stereocenters. The molecule has 1 aromatic heterocycles. The minimum Gasteiger partial charge on any atom is -0.497 e. The summed E-state index contributed by atoms with van der Waals surface area (Å²) in [7, 11) is 1.66. The van der Waals surface area contributed by atoms with Gasteiger partial charge in [0.15, 0.2) is 0 Å². The van der Waals surface area contributed by atoms with Crippen molar-refractivity contribution in [2.24, 2.45) is 5.73 Å². The second-order valence-corrected chi connectivity index (χ2v) is 6.02. The van der Waals surface area contributed by atoms with Crippen molar-refractivity contribution in [2.75, 3.05) is 7.11 Å². The van der Waals surface area contributed by atoms with Gasteiger partial charge in [0, 0.05) is 23.4 Å². The summed E-state index contributed by atoms with van der Waals surface area (Å²) >= 11 is 1.65. The molecule has 0 amide bonds. The van der Waals surface area contributed by atoms with Gasteiger partial charge >= 0.3 is 0 Å². The van der Waals surface area contributed by atoms with Gasteiger partial charge in [0.25, 0.3) is 0 Å². The molecular weight excluding hydrogens is 292 g/mol. The highest BCUT2D eigenvalue weighted by atomic mass is 32.1. The van der Waals surface area contributed by atoms with Gasteiger partial charge in [-0.2, -0.15) is 0 Å². The molecule has 0 fully saturated rings. The molecule has 0 saturated carbocycles. The van der Waals surface area contributed by atoms with Crippen LogP contribution in [0.1, 0.15) is 16.6 Å². The summed E-state index contributed by atoms with van der Waals surface area (Å²) in [6.07, 6.45) is 0.727. The molecule has 3 aromatic rings. The van der Waals surface area contributed by atoms with E-state index in [9.17, 15) is 0 Å². The lowest BCUT2D eigenvalue weighted by Gasteiger charge is -2.11. The van der Waals surface area contributed by atoms with E-state index < -0.39 is 0 Å². The van der Waals surface area contributed by atoms with E-state index in [1.165, 1.54) is 0 Å². The molecule has 4 heteroatoms. The van der Waals surface area contributed by atoms with Crippen LogP contribution in [0.4, 0.5) is 0 Å². The van der Waals surface area contributed by atoms with Crippen LogP contribution in [-0.4, -0.2) is 12.1 Å². The second kappa shape index (κ2) is 6.73. The van der Waals surface area contributed by atoms with E-state index in [-0.39, 0.29) is 6.04 Å². The van der Waals surface area contributed by atoms with Gasteiger partial charge in [0.05, 0.1) is 17.8 Å². The zero-order valence-electron chi connectivity index (χ0n) is 12.4. The van der Waals surface area contributed by atoms with E-state index >= 15 is 0 Å². The molecule has 0 saturated heterocycles. The van der Waals surface area contributed by atoms with Crippen molar-refractivity contribution in [2.45, 2.75) is 12.5 Å². The number of ether oxygens (including phenoxy) is 1. The monoisotopic (exact) mass is 310 g/mol. The van der Waals surface area contributed by atoms with Gasteiger partial charge in [-0.1, -0.05) is 42.5 Å². The normalized spacial score (nSPS) is 12.1. The molecule has 3 nitrogen and oxygen atoms in total. The summed E-state index contributed by atoms with van der Waals surface area (Å²) in [5.74, 6) is 0.831. The zero-order chi connectivity index (χ0) is 15.4. The number of nitrogens with two attached hydrogens (primary N) is 1. The van der Waals surface area contributed by atoms with Crippen LogP contribution in [0.3, 0.4) is 0 Å². The minimum absolute atomic E-state index is 0.0788. The van der Waals surface area contributed by atoms with Crippen molar-refractivity contribution in [1.29, 1.82) is 0 Å². The highest BCUT2D eigenvalue weighted by molar-refractivity contribution is 7.09. The third kappa shape index (κ3) is 3.35. The molecule has 0 bridgehead atoms. The average Bonchev–Trinajstić information content (AvgIpc) is 3.04. The first-order valence-corrected chi connectivity index (χ1v) is 8.03. The lowest BCUT2D eigenvalue weighted by Crippen LogP contribution is -2.13. The predicted octanol–water partition coefficient (Wildman–Crippen LogP) is 4.06. The summed E-state index contributed by atoms with van der Waals surface area (Å²) in [6.45, 7) is 0. The number of hydrogen-bond acceptors (Lipinski definition) is 4. The summed E-state index contributed by atoms with van der Waals surface area (Å²) < 4.78 is 5.25. The first-order valence-electron chi connectivity index (χ1n) is 7.15.